The third-order valence-corrected chi connectivity index (χ3v) is 3.12. The number of hydrogen-bond acceptors (Lipinski definition) is 4. The summed E-state index contributed by atoms with van der Waals surface area (Å²) in [6.07, 6.45) is 0. The fourth-order valence-corrected chi connectivity index (χ4v) is 2.05. The molecular formula is C15H16N2O3. The molecule has 0 fully saturated rings. The number of hydrogen-bond donors (Lipinski definition) is 2. The molecule has 5 nitrogen and oxygen atoms in total. The first-order chi connectivity index (χ1) is 9.61. The fourth-order valence-electron chi connectivity index (χ4n) is 2.05. The van der Waals surface area contributed by atoms with Crippen LogP contribution < -0.4 is 5.32 Å². The molecule has 2 N–H and O–H groups in total. The molecule has 5 heteroatoms. The van der Waals surface area contributed by atoms with Gasteiger partial charge in [0, 0.05) is 11.8 Å². The number of nitrogens with one attached hydrogen (secondary N) is 1. The number of aliphatic hydroxyl groups excluding tert-OH is 1. The molecular weight excluding hydrogens is 256 g/mol. The van der Waals surface area contributed by atoms with Gasteiger partial charge in [0.1, 0.15) is 0 Å². The Morgan fingerprint density at radius 3 is 2.45 bits per heavy atom. The van der Waals surface area contributed by atoms with Crippen molar-refractivity contribution in [2.75, 3.05) is 5.32 Å². The van der Waals surface area contributed by atoms with Crippen LogP contribution >= 0.6 is 0 Å². The molecule has 0 aliphatic carbocycles. The fraction of sp³-hybridized carbons (Fsp3) is 0.200. The molecule has 1 atom stereocenters. The van der Waals surface area contributed by atoms with Crippen molar-refractivity contribution >= 4 is 11.4 Å². The SMILES string of the molecule is CC(Nc1ccc(CO)cc1)c1ccccc1[N+](=O)[O-]. The van der Waals surface area contributed by atoms with Gasteiger partial charge in [-0.05, 0) is 24.6 Å². The lowest BCUT2D eigenvalue weighted by Crippen LogP contribution is -2.09. The average molecular weight is 272 g/mol. The summed E-state index contributed by atoms with van der Waals surface area (Å²) in [5.41, 5.74) is 2.44. The molecule has 1 unspecified atom stereocenters. The minimum absolute atomic E-state index is 0.00000930. The van der Waals surface area contributed by atoms with Gasteiger partial charge in [-0.3, -0.25) is 10.1 Å². The van der Waals surface area contributed by atoms with E-state index in [9.17, 15) is 10.1 Å². The van der Waals surface area contributed by atoms with Crippen molar-refractivity contribution in [3.8, 4) is 0 Å². The van der Waals surface area contributed by atoms with Crippen molar-refractivity contribution in [2.45, 2.75) is 19.6 Å². The van der Waals surface area contributed by atoms with Crippen molar-refractivity contribution < 1.29 is 10.0 Å². The van der Waals surface area contributed by atoms with Gasteiger partial charge in [0.05, 0.1) is 23.1 Å². The summed E-state index contributed by atoms with van der Waals surface area (Å²) in [4.78, 5) is 10.6. The predicted molar refractivity (Wildman–Crippen MR) is 77.5 cm³/mol. The van der Waals surface area contributed by atoms with Gasteiger partial charge in [0.25, 0.3) is 5.69 Å². The number of nitro benzene ring substituents is 1. The number of nitrogens with zero attached hydrogens (tertiary/aromatic N) is 1. The standard InChI is InChI=1S/C15H16N2O3/c1-11(14-4-2-3-5-15(14)17(19)20)16-13-8-6-12(10-18)7-9-13/h2-9,11,16,18H,10H2,1H3. The van der Waals surface area contributed by atoms with Crippen LogP contribution in [0.25, 0.3) is 0 Å². The van der Waals surface area contributed by atoms with E-state index in [1.54, 1.807) is 18.2 Å². The molecule has 2 rings (SSSR count). The summed E-state index contributed by atoms with van der Waals surface area (Å²) in [6.45, 7) is 1.88. The second kappa shape index (κ2) is 6.16. The Bertz CT molecular complexity index is 596. The van der Waals surface area contributed by atoms with Crippen LogP contribution in [-0.4, -0.2) is 10.0 Å². The van der Waals surface area contributed by atoms with Crippen molar-refractivity contribution in [2.24, 2.45) is 0 Å². The zero-order valence-corrected chi connectivity index (χ0v) is 11.1. The maximum absolute atomic E-state index is 11.0. The summed E-state index contributed by atoms with van der Waals surface area (Å²) in [7, 11) is 0. The largest absolute Gasteiger partial charge is 0.392 e. The summed E-state index contributed by atoms with van der Waals surface area (Å²) < 4.78 is 0. The number of para-hydroxylation sites is 1. The molecule has 0 amide bonds. The van der Waals surface area contributed by atoms with Gasteiger partial charge in [0.2, 0.25) is 0 Å². The van der Waals surface area contributed by atoms with Crippen molar-refractivity contribution in [3.05, 3.63) is 69.8 Å². The van der Waals surface area contributed by atoms with Crippen molar-refractivity contribution in [3.63, 3.8) is 0 Å². The van der Waals surface area contributed by atoms with Crippen LogP contribution in [0, 0.1) is 10.1 Å². The molecule has 0 aliphatic rings. The maximum atomic E-state index is 11.0. The number of nitro groups is 1. The minimum atomic E-state index is -0.373. The molecule has 0 heterocycles. The lowest BCUT2D eigenvalue weighted by atomic mass is 10.1. The van der Waals surface area contributed by atoms with E-state index < -0.39 is 0 Å². The summed E-state index contributed by atoms with van der Waals surface area (Å²) in [5.74, 6) is 0. The highest BCUT2D eigenvalue weighted by Gasteiger charge is 2.17. The molecule has 0 spiro atoms. The van der Waals surface area contributed by atoms with Crippen LogP contribution in [0.15, 0.2) is 48.5 Å². The third kappa shape index (κ3) is 3.13. The van der Waals surface area contributed by atoms with E-state index in [2.05, 4.69) is 5.32 Å². The lowest BCUT2D eigenvalue weighted by Gasteiger charge is -2.16. The van der Waals surface area contributed by atoms with Crippen LogP contribution in [0.2, 0.25) is 0 Å². The number of aliphatic hydroxyl groups is 1. The number of benzene rings is 2. The van der Waals surface area contributed by atoms with Gasteiger partial charge >= 0.3 is 0 Å². The van der Waals surface area contributed by atoms with Gasteiger partial charge in [-0.25, -0.2) is 0 Å². The molecule has 0 aromatic heterocycles. The Labute approximate surface area is 117 Å². The lowest BCUT2D eigenvalue weighted by molar-refractivity contribution is -0.385. The Morgan fingerprint density at radius 2 is 1.85 bits per heavy atom. The third-order valence-electron chi connectivity index (χ3n) is 3.12. The first kappa shape index (κ1) is 14.0. The molecule has 0 bridgehead atoms. The zero-order valence-electron chi connectivity index (χ0n) is 11.1. The molecule has 2 aromatic carbocycles. The predicted octanol–water partition coefficient (Wildman–Crippen LogP) is 3.26. The highest BCUT2D eigenvalue weighted by Crippen LogP contribution is 2.27. The van der Waals surface area contributed by atoms with E-state index >= 15 is 0 Å². The van der Waals surface area contributed by atoms with E-state index in [1.165, 1.54) is 6.07 Å². The smallest absolute Gasteiger partial charge is 0.274 e. The minimum Gasteiger partial charge on any atom is -0.392 e. The van der Waals surface area contributed by atoms with E-state index in [1.807, 2.05) is 31.2 Å². The molecule has 104 valence electrons. The van der Waals surface area contributed by atoms with E-state index in [0.29, 0.717) is 5.56 Å². The quantitative estimate of drug-likeness (QED) is 0.647. The van der Waals surface area contributed by atoms with E-state index in [-0.39, 0.29) is 23.3 Å². The first-order valence-electron chi connectivity index (χ1n) is 6.31. The van der Waals surface area contributed by atoms with Gasteiger partial charge in [-0.15, -0.1) is 0 Å². The highest BCUT2D eigenvalue weighted by molar-refractivity contribution is 5.50. The molecule has 0 saturated heterocycles. The van der Waals surface area contributed by atoms with Gasteiger partial charge in [-0.1, -0.05) is 30.3 Å². The molecule has 2 aromatic rings. The Morgan fingerprint density at radius 1 is 1.20 bits per heavy atom. The van der Waals surface area contributed by atoms with E-state index in [0.717, 1.165) is 11.3 Å². The number of rotatable bonds is 5. The van der Waals surface area contributed by atoms with E-state index in [4.69, 9.17) is 5.11 Å². The Balaban J connectivity index is 2.19. The molecule has 20 heavy (non-hydrogen) atoms. The normalized spacial score (nSPS) is 11.9. The summed E-state index contributed by atoms with van der Waals surface area (Å²) >= 11 is 0. The Kier molecular flexibility index (Phi) is 4.32. The molecule has 0 radical (unpaired) electrons. The summed E-state index contributed by atoms with van der Waals surface area (Å²) in [6, 6.07) is 13.8. The summed E-state index contributed by atoms with van der Waals surface area (Å²) in [5, 5.41) is 23.2. The van der Waals surface area contributed by atoms with Gasteiger partial charge in [-0.2, -0.15) is 0 Å². The second-order valence-corrected chi connectivity index (χ2v) is 4.54. The first-order valence-corrected chi connectivity index (χ1v) is 6.31. The molecule has 0 aliphatic heterocycles. The number of anilines is 1. The second-order valence-electron chi connectivity index (χ2n) is 4.54. The van der Waals surface area contributed by atoms with Crippen LogP contribution in [0.3, 0.4) is 0 Å². The van der Waals surface area contributed by atoms with Crippen molar-refractivity contribution in [1.82, 2.24) is 0 Å². The topological polar surface area (TPSA) is 75.4 Å². The zero-order chi connectivity index (χ0) is 14.5. The monoisotopic (exact) mass is 272 g/mol. The van der Waals surface area contributed by atoms with Crippen LogP contribution in [-0.2, 0) is 6.61 Å². The highest BCUT2D eigenvalue weighted by atomic mass is 16.6. The van der Waals surface area contributed by atoms with Crippen LogP contribution in [0.4, 0.5) is 11.4 Å². The van der Waals surface area contributed by atoms with Crippen LogP contribution in [0.5, 0.6) is 0 Å². The van der Waals surface area contributed by atoms with Gasteiger partial charge < -0.3 is 10.4 Å². The Hall–Kier alpha value is -2.40. The maximum Gasteiger partial charge on any atom is 0.274 e. The van der Waals surface area contributed by atoms with Gasteiger partial charge in [0.15, 0.2) is 0 Å². The average Bonchev–Trinajstić information content (AvgIpc) is 2.48. The van der Waals surface area contributed by atoms with Crippen molar-refractivity contribution in [1.29, 1.82) is 0 Å². The van der Waals surface area contributed by atoms with Crippen LogP contribution in [0.1, 0.15) is 24.1 Å². The molecule has 0 saturated carbocycles.